The summed E-state index contributed by atoms with van der Waals surface area (Å²) < 4.78 is 65.8. The zero-order valence-electron chi connectivity index (χ0n) is 17.2. The maximum atomic E-state index is 12.8. The van der Waals surface area contributed by atoms with E-state index in [-0.39, 0.29) is 36.7 Å². The minimum atomic E-state index is -5.99. The first-order chi connectivity index (χ1) is 14.9. The SMILES string of the molecule is O=C1CC[C@@]2(O)C3Cc4ccc(OS(=O)(=O)C(F)(F)F)c(O)c4[C@@]2(CCN3CC2CC2)C1. The van der Waals surface area contributed by atoms with Gasteiger partial charge in [0, 0.05) is 36.4 Å². The molecule has 4 aliphatic rings. The highest BCUT2D eigenvalue weighted by molar-refractivity contribution is 7.88. The Labute approximate surface area is 183 Å². The third-order valence-electron chi connectivity index (χ3n) is 7.72. The van der Waals surface area contributed by atoms with Gasteiger partial charge >= 0.3 is 15.6 Å². The Bertz CT molecular complexity index is 1090. The number of aliphatic hydroxyl groups is 1. The average Bonchev–Trinajstić information content (AvgIpc) is 3.50. The molecule has 3 atom stereocenters. The average molecular weight is 475 g/mol. The Morgan fingerprint density at radius 1 is 1.22 bits per heavy atom. The minimum Gasteiger partial charge on any atom is -0.504 e. The fraction of sp³-hybridized carbons (Fsp3) is 0.667. The van der Waals surface area contributed by atoms with Crippen LogP contribution in [0.15, 0.2) is 12.1 Å². The van der Waals surface area contributed by atoms with Gasteiger partial charge in [0.2, 0.25) is 0 Å². The number of hydrogen-bond acceptors (Lipinski definition) is 7. The molecule has 0 aromatic heterocycles. The molecule has 176 valence electrons. The highest BCUT2D eigenvalue weighted by Crippen LogP contribution is 2.61. The fourth-order valence-electron chi connectivity index (χ4n) is 6.07. The molecule has 32 heavy (non-hydrogen) atoms. The highest BCUT2D eigenvalue weighted by Gasteiger charge is 2.66. The number of phenolic OH excluding ortho intramolecular Hbond substituents is 1. The number of piperidine rings is 1. The van der Waals surface area contributed by atoms with Crippen molar-refractivity contribution in [1.82, 2.24) is 4.90 Å². The number of fused-ring (bicyclic) bond motifs is 1. The van der Waals surface area contributed by atoms with Crippen molar-refractivity contribution in [3.8, 4) is 11.5 Å². The number of rotatable bonds is 4. The number of ketones is 1. The summed E-state index contributed by atoms with van der Waals surface area (Å²) in [6, 6.07) is 2.15. The molecular weight excluding hydrogens is 451 g/mol. The molecule has 7 nitrogen and oxygen atoms in total. The normalized spacial score (nSPS) is 32.9. The van der Waals surface area contributed by atoms with Crippen molar-refractivity contribution < 1.29 is 40.8 Å². The third kappa shape index (κ3) is 3.07. The van der Waals surface area contributed by atoms with Gasteiger partial charge in [0.25, 0.3) is 0 Å². The van der Waals surface area contributed by atoms with Crippen LogP contribution in [0.3, 0.4) is 0 Å². The number of hydrogen-bond donors (Lipinski definition) is 2. The lowest BCUT2D eigenvalue weighted by atomic mass is 9.49. The van der Waals surface area contributed by atoms with E-state index in [0.29, 0.717) is 30.9 Å². The van der Waals surface area contributed by atoms with Crippen molar-refractivity contribution in [2.45, 2.75) is 67.5 Å². The zero-order valence-corrected chi connectivity index (χ0v) is 18.0. The Hall–Kier alpha value is -1.85. The number of carbonyl (C=O) groups is 1. The lowest BCUT2D eigenvalue weighted by Gasteiger charge is -2.63. The molecule has 2 bridgehead atoms. The molecule has 3 fully saturated rings. The number of benzene rings is 1. The number of likely N-dealkylation sites (tertiary alicyclic amines) is 1. The standard InChI is InChI=1S/C21H24F3NO6S/c22-21(23,24)32(29,30)31-15-4-3-13-9-16-20(28)6-5-14(26)10-19(20,17(13)18(15)27)7-8-25(16)11-12-1-2-12/h3-4,12,16,27-28H,1-2,5-11H2/t16?,19-,20-/m1/s1. The fourth-order valence-corrected chi connectivity index (χ4v) is 6.53. The van der Waals surface area contributed by atoms with Gasteiger partial charge in [0.1, 0.15) is 5.78 Å². The second-order valence-corrected chi connectivity index (χ2v) is 11.1. The van der Waals surface area contributed by atoms with E-state index in [1.165, 1.54) is 6.07 Å². The summed E-state index contributed by atoms with van der Waals surface area (Å²) in [5.41, 5.74) is -7.49. The molecular formula is C21H24F3NO6S. The molecule has 1 unspecified atom stereocenters. The zero-order chi connectivity index (χ0) is 23.1. The smallest absolute Gasteiger partial charge is 0.504 e. The first kappa shape index (κ1) is 22.0. The van der Waals surface area contributed by atoms with Gasteiger partial charge in [-0.2, -0.15) is 21.6 Å². The summed E-state index contributed by atoms with van der Waals surface area (Å²) in [5, 5.41) is 22.9. The molecule has 0 spiro atoms. The number of alkyl halides is 3. The van der Waals surface area contributed by atoms with Gasteiger partial charge in [-0.3, -0.25) is 9.69 Å². The molecule has 0 radical (unpaired) electrons. The number of halogens is 3. The maximum Gasteiger partial charge on any atom is 0.534 e. The van der Waals surface area contributed by atoms with Crippen molar-refractivity contribution in [2.75, 3.05) is 13.1 Å². The summed E-state index contributed by atoms with van der Waals surface area (Å²) in [6.07, 6.45) is 3.24. The van der Waals surface area contributed by atoms with E-state index in [2.05, 4.69) is 9.08 Å². The predicted molar refractivity (Wildman–Crippen MR) is 106 cm³/mol. The topological polar surface area (TPSA) is 104 Å². The Morgan fingerprint density at radius 3 is 2.59 bits per heavy atom. The summed E-state index contributed by atoms with van der Waals surface area (Å²) in [6.45, 7) is 1.41. The van der Waals surface area contributed by atoms with Crippen LogP contribution in [-0.2, 0) is 26.7 Å². The number of aromatic hydroxyl groups is 1. The number of Topliss-reactive ketones (excluding diaryl/α,β-unsaturated/α-hetero) is 1. The quantitative estimate of drug-likeness (QED) is 0.509. The first-order valence-electron chi connectivity index (χ1n) is 10.7. The van der Waals surface area contributed by atoms with Crippen molar-refractivity contribution in [3.63, 3.8) is 0 Å². The largest absolute Gasteiger partial charge is 0.534 e. The molecule has 2 saturated carbocycles. The van der Waals surface area contributed by atoms with Crippen LogP contribution < -0.4 is 4.18 Å². The van der Waals surface area contributed by atoms with Gasteiger partial charge in [-0.1, -0.05) is 6.07 Å². The summed E-state index contributed by atoms with van der Waals surface area (Å²) in [4.78, 5) is 14.7. The Balaban J connectivity index is 1.63. The van der Waals surface area contributed by atoms with Gasteiger partial charge in [-0.15, -0.1) is 0 Å². The lowest BCUT2D eigenvalue weighted by Crippen LogP contribution is -2.73. The van der Waals surface area contributed by atoms with Crippen LogP contribution in [0.25, 0.3) is 0 Å². The van der Waals surface area contributed by atoms with Crippen molar-refractivity contribution in [2.24, 2.45) is 5.92 Å². The second-order valence-electron chi connectivity index (χ2n) is 9.56. The first-order valence-corrected chi connectivity index (χ1v) is 12.1. The number of phenols is 1. The Kier molecular flexibility index (Phi) is 4.69. The van der Waals surface area contributed by atoms with Gasteiger partial charge < -0.3 is 14.4 Å². The molecule has 1 aromatic rings. The van der Waals surface area contributed by atoms with Crippen molar-refractivity contribution in [1.29, 1.82) is 0 Å². The van der Waals surface area contributed by atoms with Crippen LogP contribution >= 0.6 is 0 Å². The van der Waals surface area contributed by atoms with Crippen molar-refractivity contribution in [3.05, 3.63) is 23.3 Å². The molecule has 2 N–H and O–H groups in total. The number of nitrogens with zero attached hydrogens (tertiary/aromatic N) is 1. The van der Waals surface area contributed by atoms with E-state index in [1.807, 2.05) is 0 Å². The van der Waals surface area contributed by atoms with Gasteiger partial charge in [-0.05, 0) is 56.2 Å². The highest BCUT2D eigenvalue weighted by atomic mass is 32.2. The van der Waals surface area contributed by atoms with Crippen LogP contribution in [0.1, 0.15) is 49.7 Å². The molecule has 1 aliphatic heterocycles. The van der Waals surface area contributed by atoms with E-state index >= 15 is 0 Å². The molecule has 11 heteroatoms. The predicted octanol–water partition coefficient (Wildman–Crippen LogP) is 2.38. The molecule has 1 saturated heterocycles. The van der Waals surface area contributed by atoms with E-state index in [9.17, 15) is 36.6 Å². The van der Waals surface area contributed by atoms with Gasteiger partial charge in [0.15, 0.2) is 11.5 Å². The molecule has 5 rings (SSSR count). The van der Waals surface area contributed by atoms with E-state index in [1.54, 1.807) is 0 Å². The summed E-state index contributed by atoms with van der Waals surface area (Å²) in [7, 11) is -5.99. The van der Waals surface area contributed by atoms with Crippen molar-refractivity contribution >= 4 is 15.9 Å². The molecule has 1 aromatic carbocycles. The molecule has 0 amide bonds. The molecule has 1 heterocycles. The Morgan fingerprint density at radius 2 is 1.94 bits per heavy atom. The lowest BCUT2D eigenvalue weighted by molar-refractivity contribution is -0.173. The monoisotopic (exact) mass is 475 g/mol. The molecule has 3 aliphatic carbocycles. The van der Waals surface area contributed by atoms with E-state index < -0.39 is 38.1 Å². The summed E-state index contributed by atoms with van der Waals surface area (Å²) in [5.74, 6) is -1.13. The maximum absolute atomic E-state index is 12.8. The van der Waals surface area contributed by atoms with Gasteiger partial charge in [0.05, 0.1) is 5.60 Å². The van der Waals surface area contributed by atoms with Crippen LogP contribution in [0.5, 0.6) is 11.5 Å². The second kappa shape index (κ2) is 6.83. The van der Waals surface area contributed by atoms with Crippen LogP contribution in [-0.4, -0.2) is 59.6 Å². The van der Waals surface area contributed by atoms with E-state index in [0.717, 1.165) is 25.5 Å². The van der Waals surface area contributed by atoms with E-state index in [4.69, 9.17) is 0 Å². The third-order valence-corrected chi connectivity index (χ3v) is 8.69. The number of carbonyl (C=O) groups excluding carboxylic acids is 1. The van der Waals surface area contributed by atoms with Crippen LogP contribution in [0.4, 0.5) is 13.2 Å². The summed E-state index contributed by atoms with van der Waals surface area (Å²) >= 11 is 0. The van der Waals surface area contributed by atoms with Gasteiger partial charge in [-0.25, -0.2) is 0 Å². The minimum absolute atomic E-state index is 0.0622. The van der Waals surface area contributed by atoms with Crippen LogP contribution in [0.2, 0.25) is 0 Å². The van der Waals surface area contributed by atoms with Crippen LogP contribution in [0, 0.1) is 5.92 Å².